The Balaban J connectivity index is 1.26. The van der Waals surface area contributed by atoms with Crippen LogP contribution in [0.1, 0.15) is 63.5 Å². The SMILES string of the molecule is COc1cc(CNC23CC4C[C@@](C)(C2)C[C@](C)(C4)C3)ccc1OCc1ccc(Cl)cc1Cl. The molecule has 4 aliphatic carbocycles. The molecule has 4 fully saturated rings. The second kappa shape index (κ2) is 8.11. The molecule has 4 aliphatic rings. The molecule has 32 heavy (non-hydrogen) atoms. The third-order valence-electron chi connectivity index (χ3n) is 7.92. The van der Waals surface area contributed by atoms with Crippen molar-refractivity contribution in [3.8, 4) is 11.5 Å². The number of hydrogen-bond donors (Lipinski definition) is 1. The molecule has 3 nitrogen and oxygen atoms in total. The summed E-state index contributed by atoms with van der Waals surface area (Å²) >= 11 is 12.3. The van der Waals surface area contributed by atoms with E-state index >= 15 is 0 Å². The standard InChI is InChI=1S/C27H33Cl2NO2/c1-25-10-19-11-26(2,15-25)17-27(12-19,16-25)30-13-18-4-7-23(24(8-18)31-3)32-14-20-5-6-21(28)9-22(20)29/h4-9,19,30H,10-17H2,1-3H3/t19?,25-,26+,27?. The lowest BCUT2D eigenvalue weighted by atomic mass is 9.43. The van der Waals surface area contributed by atoms with E-state index in [2.05, 4.69) is 31.3 Å². The van der Waals surface area contributed by atoms with Crippen molar-refractivity contribution in [3.05, 3.63) is 57.6 Å². The molecule has 4 bridgehead atoms. The Hall–Kier alpha value is -1.42. The Bertz CT molecular complexity index is 1000. The summed E-state index contributed by atoms with van der Waals surface area (Å²) in [6.07, 6.45) is 8.20. The van der Waals surface area contributed by atoms with Crippen molar-refractivity contribution in [1.82, 2.24) is 5.32 Å². The van der Waals surface area contributed by atoms with Crippen LogP contribution in [0.5, 0.6) is 11.5 Å². The summed E-state index contributed by atoms with van der Waals surface area (Å²) in [6.45, 7) is 6.27. The highest BCUT2D eigenvalue weighted by atomic mass is 35.5. The van der Waals surface area contributed by atoms with Gasteiger partial charge in [-0.15, -0.1) is 0 Å². The largest absolute Gasteiger partial charge is 0.493 e. The fraction of sp³-hybridized carbons (Fsp3) is 0.556. The van der Waals surface area contributed by atoms with Gasteiger partial charge >= 0.3 is 0 Å². The zero-order valence-corrected chi connectivity index (χ0v) is 20.8. The highest BCUT2D eigenvalue weighted by Gasteiger charge is 2.59. The van der Waals surface area contributed by atoms with Crippen LogP contribution >= 0.6 is 23.2 Å². The average molecular weight is 474 g/mol. The van der Waals surface area contributed by atoms with E-state index in [0.29, 0.717) is 27.5 Å². The van der Waals surface area contributed by atoms with Crippen LogP contribution in [0.4, 0.5) is 0 Å². The minimum Gasteiger partial charge on any atom is -0.493 e. The molecule has 0 aromatic heterocycles. The molecule has 0 heterocycles. The molecule has 6 rings (SSSR count). The molecule has 0 aliphatic heterocycles. The minimum absolute atomic E-state index is 0.288. The van der Waals surface area contributed by atoms with E-state index in [1.165, 1.54) is 44.1 Å². The highest BCUT2D eigenvalue weighted by Crippen LogP contribution is 2.66. The number of halogens is 2. The zero-order valence-electron chi connectivity index (χ0n) is 19.3. The maximum atomic E-state index is 6.28. The van der Waals surface area contributed by atoms with Gasteiger partial charge in [-0.3, -0.25) is 0 Å². The van der Waals surface area contributed by atoms with Gasteiger partial charge in [0.1, 0.15) is 6.61 Å². The third kappa shape index (κ3) is 4.36. The maximum absolute atomic E-state index is 6.28. The van der Waals surface area contributed by atoms with Crippen molar-refractivity contribution in [1.29, 1.82) is 0 Å². The summed E-state index contributed by atoms with van der Waals surface area (Å²) < 4.78 is 11.7. The topological polar surface area (TPSA) is 30.5 Å². The molecular formula is C27H33Cl2NO2. The van der Waals surface area contributed by atoms with Gasteiger partial charge in [-0.1, -0.05) is 49.2 Å². The van der Waals surface area contributed by atoms with E-state index in [-0.39, 0.29) is 5.54 Å². The molecule has 2 aromatic carbocycles. The van der Waals surface area contributed by atoms with Crippen LogP contribution in [-0.4, -0.2) is 12.6 Å². The lowest BCUT2D eigenvalue weighted by Crippen LogP contribution is -2.63. The number of methoxy groups -OCH3 is 1. The molecular weight excluding hydrogens is 441 g/mol. The van der Waals surface area contributed by atoms with Crippen molar-refractivity contribution in [2.45, 2.75) is 71.1 Å². The van der Waals surface area contributed by atoms with Crippen molar-refractivity contribution in [2.24, 2.45) is 16.7 Å². The Morgan fingerprint density at radius 2 is 1.69 bits per heavy atom. The first kappa shape index (κ1) is 22.4. The van der Waals surface area contributed by atoms with Crippen LogP contribution in [0, 0.1) is 16.7 Å². The number of ether oxygens (including phenoxy) is 2. The van der Waals surface area contributed by atoms with E-state index in [4.69, 9.17) is 32.7 Å². The van der Waals surface area contributed by atoms with Crippen molar-refractivity contribution >= 4 is 23.2 Å². The molecule has 5 heteroatoms. The summed E-state index contributed by atoms with van der Waals surface area (Å²) in [6, 6.07) is 11.7. The van der Waals surface area contributed by atoms with E-state index in [9.17, 15) is 0 Å². The van der Waals surface area contributed by atoms with E-state index in [1.54, 1.807) is 13.2 Å². The number of rotatable bonds is 7. The van der Waals surface area contributed by atoms with Gasteiger partial charge in [0, 0.05) is 27.7 Å². The first-order chi connectivity index (χ1) is 15.2. The van der Waals surface area contributed by atoms with Gasteiger partial charge in [0.05, 0.1) is 7.11 Å². The van der Waals surface area contributed by atoms with Gasteiger partial charge in [-0.25, -0.2) is 0 Å². The Kier molecular flexibility index (Phi) is 5.67. The summed E-state index contributed by atoms with van der Waals surface area (Å²) in [5.74, 6) is 2.36. The average Bonchev–Trinajstić information content (AvgIpc) is 2.69. The molecule has 4 saturated carbocycles. The predicted molar refractivity (Wildman–Crippen MR) is 131 cm³/mol. The van der Waals surface area contributed by atoms with Crippen LogP contribution in [0.15, 0.2) is 36.4 Å². The molecule has 1 N–H and O–H groups in total. The second-order valence-electron chi connectivity index (χ2n) is 11.3. The second-order valence-corrected chi connectivity index (χ2v) is 12.1. The lowest BCUT2D eigenvalue weighted by Gasteiger charge is -2.65. The van der Waals surface area contributed by atoms with E-state index < -0.39 is 0 Å². The summed E-state index contributed by atoms with van der Waals surface area (Å²) in [5.41, 5.74) is 3.44. The molecule has 0 amide bonds. The molecule has 172 valence electrons. The fourth-order valence-electron chi connectivity index (χ4n) is 7.67. The number of hydrogen-bond acceptors (Lipinski definition) is 3. The van der Waals surface area contributed by atoms with Crippen LogP contribution < -0.4 is 14.8 Å². The van der Waals surface area contributed by atoms with Crippen molar-refractivity contribution in [3.63, 3.8) is 0 Å². The first-order valence-corrected chi connectivity index (χ1v) is 12.4. The maximum Gasteiger partial charge on any atom is 0.161 e. The monoisotopic (exact) mass is 473 g/mol. The van der Waals surface area contributed by atoms with Gasteiger partial charge in [-0.05, 0) is 85.1 Å². The first-order valence-electron chi connectivity index (χ1n) is 11.7. The van der Waals surface area contributed by atoms with Gasteiger partial charge in [0.15, 0.2) is 11.5 Å². The Morgan fingerprint density at radius 1 is 0.938 bits per heavy atom. The molecule has 4 atom stereocenters. The Labute approximate surface area is 201 Å². The molecule has 2 aromatic rings. The summed E-state index contributed by atoms with van der Waals surface area (Å²) in [4.78, 5) is 0. The molecule has 0 saturated heterocycles. The van der Waals surface area contributed by atoms with Crippen LogP contribution in [-0.2, 0) is 13.2 Å². The Morgan fingerprint density at radius 3 is 2.34 bits per heavy atom. The summed E-state index contributed by atoms with van der Waals surface area (Å²) in [5, 5.41) is 5.24. The fourth-order valence-corrected chi connectivity index (χ4v) is 8.13. The number of benzene rings is 2. The normalized spacial score (nSPS) is 32.8. The van der Waals surface area contributed by atoms with Crippen molar-refractivity contribution in [2.75, 3.05) is 7.11 Å². The quantitative estimate of drug-likeness (QED) is 0.453. The van der Waals surface area contributed by atoms with E-state index in [0.717, 1.165) is 29.5 Å². The smallest absolute Gasteiger partial charge is 0.161 e. The minimum atomic E-state index is 0.288. The van der Waals surface area contributed by atoms with Crippen LogP contribution in [0.2, 0.25) is 10.0 Å². The van der Waals surface area contributed by atoms with E-state index in [1.807, 2.05) is 18.2 Å². The molecule has 0 radical (unpaired) electrons. The molecule has 0 spiro atoms. The third-order valence-corrected chi connectivity index (χ3v) is 8.51. The van der Waals surface area contributed by atoms with Gasteiger partial charge in [0.25, 0.3) is 0 Å². The summed E-state index contributed by atoms with van der Waals surface area (Å²) in [7, 11) is 1.69. The van der Waals surface area contributed by atoms with Gasteiger partial charge in [-0.2, -0.15) is 0 Å². The van der Waals surface area contributed by atoms with Crippen LogP contribution in [0.25, 0.3) is 0 Å². The molecule has 2 unspecified atom stereocenters. The zero-order chi connectivity index (χ0) is 22.6. The van der Waals surface area contributed by atoms with Gasteiger partial charge < -0.3 is 14.8 Å². The lowest BCUT2D eigenvalue weighted by molar-refractivity contribution is -0.118. The van der Waals surface area contributed by atoms with Crippen LogP contribution in [0.3, 0.4) is 0 Å². The van der Waals surface area contributed by atoms with Gasteiger partial charge in [0.2, 0.25) is 0 Å². The van der Waals surface area contributed by atoms with Crippen molar-refractivity contribution < 1.29 is 9.47 Å². The predicted octanol–water partition coefficient (Wildman–Crippen LogP) is 7.42. The highest BCUT2D eigenvalue weighted by molar-refractivity contribution is 6.35. The number of nitrogens with one attached hydrogen (secondary N) is 1.